The largest absolute Gasteiger partial charge is 0.456 e. The third-order valence-corrected chi connectivity index (χ3v) is 2.45. The van der Waals surface area contributed by atoms with Crippen LogP contribution in [0.1, 0.15) is 24.6 Å². The van der Waals surface area contributed by atoms with Crippen molar-refractivity contribution in [3.05, 3.63) is 11.1 Å². The lowest BCUT2D eigenvalue weighted by atomic mass is 10.2. The Hall–Kier alpha value is -1.10. The second kappa shape index (κ2) is 2.75. The molecule has 5 heteroatoms. The highest BCUT2D eigenvalue weighted by Crippen LogP contribution is 2.30. The predicted octanol–water partition coefficient (Wildman–Crippen LogP) is 1.10. The van der Waals surface area contributed by atoms with Crippen molar-refractivity contribution in [2.75, 3.05) is 5.73 Å². The number of aromatic nitrogens is 1. The number of hydrogen-bond acceptors (Lipinski definition) is 5. The van der Waals surface area contributed by atoms with Gasteiger partial charge in [-0.3, -0.25) is 4.79 Å². The number of carbonyl (C=O) groups excluding carboxylic acids is 1. The fourth-order valence-corrected chi connectivity index (χ4v) is 1.79. The minimum absolute atomic E-state index is 0.147. The lowest BCUT2D eigenvalue weighted by Crippen LogP contribution is -1.99. The third-order valence-electron chi connectivity index (χ3n) is 1.75. The molecule has 2 rings (SSSR count). The number of nitrogens with two attached hydrogens (primary N) is 1. The van der Waals surface area contributed by atoms with Crippen LogP contribution in [0.15, 0.2) is 5.38 Å². The number of nitrogen functional groups attached to an aromatic ring is 1. The highest BCUT2D eigenvalue weighted by Gasteiger charge is 2.26. The van der Waals surface area contributed by atoms with Crippen molar-refractivity contribution in [3.8, 4) is 0 Å². The number of cyclic esters (lactones) is 1. The summed E-state index contributed by atoms with van der Waals surface area (Å²) in [5.74, 6) is -0.147. The van der Waals surface area contributed by atoms with Crippen LogP contribution < -0.4 is 5.73 Å². The van der Waals surface area contributed by atoms with E-state index in [1.54, 1.807) is 0 Å². The maximum Gasteiger partial charge on any atom is 0.306 e. The summed E-state index contributed by atoms with van der Waals surface area (Å²) in [4.78, 5) is 14.8. The summed E-state index contributed by atoms with van der Waals surface area (Å²) in [6.07, 6.45) is 1.05. The van der Waals surface area contributed by atoms with Crippen LogP contribution in [0.5, 0.6) is 0 Å². The quantitative estimate of drug-likeness (QED) is 0.664. The first-order valence-electron chi connectivity index (χ1n) is 3.66. The van der Waals surface area contributed by atoms with Gasteiger partial charge >= 0.3 is 5.97 Å². The Balaban J connectivity index is 2.15. The van der Waals surface area contributed by atoms with Crippen LogP contribution in [0.4, 0.5) is 5.13 Å². The zero-order valence-corrected chi connectivity index (χ0v) is 7.13. The number of carbonyl (C=O) groups is 1. The highest BCUT2D eigenvalue weighted by atomic mass is 32.1. The van der Waals surface area contributed by atoms with Crippen molar-refractivity contribution in [1.29, 1.82) is 0 Å². The molecule has 1 saturated heterocycles. The molecule has 12 heavy (non-hydrogen) atoms. The molecule has 0 radical (unpaired) electrons. The Kier molecular flexibility index (Phi) is 1.73. The number of rotatable bonds is 1. The molecule has 2 N–H and O–H groups in total. The molecule has 0 spiro atoms. The molecule has 1 atom stereocenters. The lowest BCUT2D eigenvalue weighted by Gasteiger charge is -2.03. The predicted molar refractivity (Wildman–Crippen MR) is 44.6 cm³/mol. The van der Waals surface area contributed by atoms with Crippen LogP contribution in [0.3, 0.4) is 0 Å². The van der Waals surface area contributed by atoms with Crippen LogP contribution in [0.25, 0.3) is 0 Å². The molecule has 0 aromatic carbocycles. The van der Waals surface area contributed by atoms with E-state index in [2.05, 4.69) is 4.98 Å². The first-order chi connectivity index (χ1) is 5.75. The van der Waals surface area contributed by atoms with E-state index in [0.29, 0.717) is 11.6 Å². The van der Waals surface area contributed by atoms with Gasteiger partial charge in [-0.1, -0.05) is 0 Å². The van der Waals surface area contributed by atoms with Gasteiger partial charge in [-0.15, -0.1) is 11.3 Å². The van der Waals surface area contributed by atoms with E-state index in [0.717, 1.165) is 12.1 Å². The monoisotopic (exact) mass is 184 g/mol. The minimum atomic E-state index is -0.161. The van der Waals surface area contributed by atoms with Crippen molar-refractivity contribution < 1.29 is 9.53 Å². The summed E-state index contributed by atoms with van der Waals surface area (Å²) in [5, 5.41) is 2.35. The number of esters is 1. The molecular formula is C7H8N2O2S. The normalized spacial score (nSPS) is 22.7. The van der Waals surface area contributed by atoms with Crippen molar-refractivity contribution in [1.82, 2.24) is 4.98 Å². The van der Waals surface area contributed by atoms with Crippen LogP contribution in [0.2, 0.25) is 0 Å². The maximum atomic E-state index is 10.8. The highest BCUT2D eigenvalue weighted by molar-refractivity contribution is 7.13. The van der Waals surface area contributed by atoms with Crippen LogP contribution in [-0.2, 0) is 9.53 Å². The standard InChI is InChI=1S/C7H8N2O2S/c8-7-9-4(3-12-7)5-1-2-6(10)11-5/h3,5H,1-2H2,(H2,8,9). The Morgan fingerprint density at radius 2 is 2.58 bits per heavy atom. The molecule has 0 amide bonds. The molecule has 2 heterocycles. The molecule has 1 fully saturated rings. The minimum Gasteiger partial charge on any atom is -0.456 e. The van der Waals surface area contributed by atoms with E-state index in [9.17, 15) is 4.79 Å². The van der Waals surface area contributed by atoms with Crippen LogP contribution >= 0.6 is 11.3 Å². The van der Waals surface area contributed by atoms with Crippen molar-refractivity contribution in [2.45, 2.75) is 18.9 Å². The van der Waals surface area contributed by atoms with E-state index in [1.165, 1.54) is 11.3 Å². The lowest BCUT2D eigenvalue weighted by molar-refractivity contribution is -0.141. The third kappa shape index (κ3) is 1.27. The summed E-state index contributed by atoms with van der Waals surface area (Å²) in [6.45, 7) is 0. The number of anilines is 1. The molecule has 0 bridgehead atoms. The summed E-state index contributed by atoms with van der Waals surface area (Å²) < 4.78 is 5.01. The molecule has 64 valence electrons. The first kappa shape index (κ1) is 7.54. The first-order valence-corrected chi connectivity index (χ1v) is 4.54. The second-order valence-electron chi connectivity index (χ2n) is 2.63. The molecule has 0 saturated carbocycles. The second-order valence-corrected chi connectivity index (χ2v) is 3.52. The van der Waals surface area contributed by atoms with E-state index in [-0.39, 0.29) is 12.1 Å². The molecule has 1 unspecified atom stereocenters. The summed E-state index contributed by atoms with van der Waals surface area (Å²) in [7, 11) is 0. The Morgan fingerprint density at radius 1 is 1.75 bits per heavy atom. The van der Waals surface area contributed by atoms with Gasteiger partial charge in [-0.05, 0) is 0 Å². The van der Waals surface area contributed by atoms with Gasteiger partial charge in [-0.25, -0.2) is 4.98 Å². The Labute approximate surface area is 73.4 Å². The van der Waals surface area contributed by atoms with E-state index in [1.807, 2.05) is 5.38 Å². The van der Waals surface area contributed by atoms with Gasteiger partial charge in [0, 0.05) is 18.2 Å². The van der Waals surface area contributed by atoms with E-state index in [4.69, 9.17) is 10.5 Å². The van der Waals surface area contributed by atoms with Crippen molar-refractivity contribution in [2.24, 2.45) is 0 Å². The Morgan fingerprint density at radius 3 is 3.08 bits per heavy atom. The van der Waals surface area contributed by atoms with Gasteiger partial charge in [0.05, 0.1) is 5.69 Å². The average Bonchev–Trinajstić information content (AvgIpc) is 2.58. The van der Waals surface area contributed by atoms with Gasteiger partial charge in [0.2, 0.25) is 0 Å². The number of thiazole rings is 1. The zero-order chi connectivity index (χ0) is 8.55. The molecule has 0 aliphatic carbocycles. The van der Waals surface area contributed by atoms with Gasteiger partial charge in [-0.2, -0.15) is 0 Å². The average molecular weight is 184 g/mol. The Bertz CT molecular complexity index is 310. The molecule has 4 nitrogen and oxygen atoms in total. The summed E-state index contributed by atoms with van der Waals surface area (Å²) in [5.41, 5.74) is 6.23. The topological polar surface area (TPSA) is 65.2 Å². The molecule has 1 aliphatic heterocycles. The summed E-state index contributed by atoms with van der Waals surface area (Å²) >= 11 is 1.37. The summed E-state index contributed by atoms with van der Waals surface area (Å²) in [6, 6.07) is 0. The number of ether oxygens (including phenoxy) is 1. The molecule has 1 aromatic rings. The van der Waals surface area contributed by atoms with E-state index < -0.39 is 0 Å². The van der Waals surface area contributed by atoms with Crippen LogP contribution in [0, 0.1) is 0 Å². The van der Waals surface area contributed by atoms with Crippen molar-refractivity contribution in [3.63, 3.8) is 0 Å². The maximum absolute atomic E-state index is 10.8. The van der Waals surface area contributed by atoms with Gasteiger partial charge in [0.25, 0.3) is 0 Å². The van der Waals surface area contributed by atoms with Gasteiger partial charge in [0.15, 0.2) is 5.13 Å². The fourth-order valence-electron chi connectivity index (χ4n) is 1.18. The smallest absolute Gasteiger partial charge is 0.306 e. The van der Waals surface area contributed by atoms with Gasteiger partial charge < -0.3 is 10.5 Å². The molecular weight excluding hydrogens is 176 g/mol. The number of nitrogens with zero attached hydrogens (tertiary/aromatic N) is 1. The number of hydrogen-bond donors (Lipinski definition) is 1. The van der Waals surface area contributed by atoms with Crippen LogP contribution in [-0.4, -0.2) is 11.0 Å². The van der Waals surface area contributed by atoms with Gasteiger partial charge in [0.1, 0.15) is 6.10 Å². The zero-order valence-electron chi connectivity index (χ0n) is 6.32. The molecule has 1 aromatic heterocycles. The fraction of sp³-hybridized carbons (Fsp3) is 0.429. The van der Waals surface area contributed by atoms with E-state index >= 15 is 0 Å². The van der Waals surface area contributed by atoms with Crippen molar-refractivity contribution >= 4 is 22.4 Å². The SMILES string of the molecule is Nc1nc(C2CCC(=O)O2)cs1. The molecule has 1 aliphatic rings.